The molecule has 0 saturated heterocycles. The molecule has 0 spiro atoms. The number of aliphatic carboxylic acids is 1. The maximum atomic E-state index is 10.6. The van der Waals surface area contributed by atoms with Crippen LogP contribution in [0.15, 0.2) is 40.1 Å². The van der Waals surface area contributed by atoms with E-state index in [0.29, 0.717) is 12.3 Å². The fourth-order valence-electron chi connectivity index (χ4n) is 2.33. The van der Waals surface area contributed by atoms with Crippen molar-refractivity contribution in [1.82, 2.24) is 15.2 Å². The molecule has 0 saturated carbocycles. The smallest absolute Gasteiger partial charge is 0.312 e. The van der Waals surface area contributed by atoms with Gasteiger partial charge in [-0.1, -0.05) is 12.1 Å². The van der Waals surface area contributed by atoms with Crippen molar-refractivity contribution >= 4 is 38.9 Å². The van der Waals surface area contributed by atoms with Crippen molar-refractivity contribution in [3.8, 4) is 10.4 Å². The van der Waals surface area contributed by atoms with E-state index in [9.17, 15) is 4.79 Å². The van der Waals surface area contributed by atoms with Crippen LogP contribution in [0.25, 0.3) is 20.7 Å². The Labute approximate surface area is 144 Å². The fraction of sp³-hybridized carbons (Fsp3) is 0.125. The normalized spacial score (nSPS) is 11.2. The molecule has 0 fully saturated rings. The minimum Gasteiger partial charge on any atom is -0.481 e. The van der Waals surface area contributed by atoms with Crippen molar-refractivity contribution in [3.63, 3.8) is 0 Å². The molecule has 8 heteroatoms. The molecule has 0 atom stereocenters. The highest BCUT2D eigenvalue weighted by Gasteiger charge is 2.13. The van der Waals surface area contributed by atoms with Crippen LogP contribution in [0.2, 0.25) is 0 Å². The third-order valence-corrected chi connectivity index (χ3v) is 5.29. The Balaban J connectivity index is 1.58. The minimum atomic E-state index is -0.994. The Kier molecular flexibility index (Phi) is 3.83. The molecule has 0 aliphatic heterocycles. The first-order valence-corrected chi connectivity index (χ1v) is 8.83. The molecular formula is C16H11N3O3S2. The second-order valence-corrected chi connectivity index (χ2v) is 7.17. The molecule has 120 valence electrons. The van der Waals surface area contributed by atoms with Crippen LogP contribution in [0.3, 0.4) is 0 Å². The lowest BCUT2D eigenvalue weighted by Gasteiger charge is -1.95. The summed E-state index contributed by atoms with van der Waals surface area (Å²) in [5, 5.41) is 19.3. The zero-order valence-corrected chi connectivity index (χ0v) is 13.9. The second-order valence-electron chi connectivity index (χ2n) is 5.10. The number of benzene rings is 1. The third-order valence-electron chi connectivity index (χ3n) is 3.35. The first-order chi connectivity index (χ1) is 11.7. The molecule has 0 radical (unpaired) electrons. The van der Waals surface area contributed by atoms with Gasteiger partial charge in [-0.25, -0.2) is 4.98 Å². The lowest BCUT2D eigenvalue weighted by atomic mass is 10.2. The van der Waals surface area contributed by atoms with Crippen molar-refractivity contribution in [2.75, 3.05) is 0 Å². The number of carboxylic acids is 1. The summed E-state index contributed by atoms with van der Waals surface area (Å²) in [7, 11) is 0. The number of nitrogens with zero attached hydrogens (tertiary/aromatic N) is 3. The van der Waals surface area contributed by atoms with Crippen LogP contribution in [0.5, 0.6) is 0 Å². The van der Waals surface area contributed by atoms with Crippen molar-refractivity contribution in [3.05, 3.63) is 52.5 Å². The van der Waals surface area contributed by atoms with Crippen molar-refractivity contribution in [2.45, 2.75) is 12.8 Å². The van der Waals surface area contributed by atoms with E-state index in [-0.39, 0.29) is 12.3 Å². The van der Waals surface area contributed by atoms with Crippen LogP contribution >= 0.6 is 22.7 Å². The van der Waals surface area contributed by atoms with E-state index in [1.54, 1.807) is 22.7 Å². The summed E-state index contributed by atoms with van der Waals surface area (Å²) < 4.78 is 6.44. The molecule has 0 aliphatic rings. The summed E-state index contributed by atoms with van der Waals surface area (Å²) in [5.74, 6) is -0.506. The van der Waals surface area contributed by atoms with Crippen LogP contribution in [-0.4, -0.2) is 26.3 Å². The maximum absolute atomic E-state index is 10.6. The Morgan fingerprint density at radius 2 is 2.08 bits per heavy atom. The number of thiazole rings is 1. The van der Waals surface area contributed by atoms with Gasteiger partial charge < -0.3 is 9.52 Å². The van der Waals surface area contributed by atoms with Crippen LogP contribution < -0.4 is 0 Å². The van der Waals surface area contributed by atoms with Gasteiger partial charge in [-0.15, -0.1) is 32.9 Å². The molecule has 0 amide bonds. The highest BCUT2D eigenvalue weighted by molar-refractivity contribution is 7.18. The molecule has 24 heavy (non-hydrogen) atoms. The third kappa shape index (κ3) is 3.06. The van der Waals surface area contributed by atoms with Gasteiger partial charge in [-0.05, 0) is 29.1 Å². The molecule has 4 aromatic rings. The SMILES string of the molecule is O=C(O)Cc1nnc(Cc2nc3ccc(-c4cccs4)cc3s2)o1. The predicted molar refractivity (Wildman–Crippen MR) is 91.4 cm³/mol. The Morgan fingerprint density at radius 1 is 1.21 bits per heavy atom. The number of carboxylic acid groups (broad SMARTS) is 1. The van der Waals surface area contributed by atoms with Gasteiger partial charge >= 0.3 is 5.97 Å². The standard InChI is InChI=1S/C16H11N3O3S2/c20-16(21)8-14-19-18-13(22-14)7-15-17-10-4-3-9(6-12(10)24-15)11-2-1-5-23-11/h1-6H,7-8H2,(H,20,21). The zero-order valence-electron chi connectivity index (χ0n) is 12.3. The zero-order chi connectivity index (χ0) is 16.5. The highest BCUT2D eigenvalue weighted by atomic mass is 32.1. The van der Waals surface area contributed by atoms with E-state index in [0.717, 1.165) is 15.2 Å². The first-order valence-electron chi connectivity index (χ1n) is 7.14. The van der Waals surface area contributed by atoms with Gasteiger partial charge in [0.2, 0.25) is 11.8 Å². The van der Waals surface area contributed by atoms with Gasteiger partial charge in [0.1, 0.15) is 11.4 Å². The van der Waals surface area contributed by atoms with Crippen molar-refractivity contribution in [2.24, 2.45) is 0 Å². The van der Waals surface area contributed by atoms with Gasteiger partial charge in [0, 0.05) is 4.88 Å². The second kappa shape index (κ2) is 6.14. The fourth-order valence-corrected chi connectivity index (χ4v) is 4.06. The lowest BCUT2D eigenvalue weighted by Crippen LogP contribution is -1.99. The highest BCUT2D eigenvalue weighted by Crippen LogP contribution is 2.31. The number of thiophene rings is 1. The molecule has 0 aliphatic carbocycles. The summed E-state index contributed by atoms with van der Waals surface area (Å²) in [4.78, 5) is 16.4. The number of hydrogen-bond donors (Lipinski definition) is 1. The molecular weight excluding hydrogens is 346 g/mol. The number of carbonyl (C=O) groups is 1. The monoisotopic (exact) mass is 357 g/mol. The van der Waals surface area contributed by atoms with Gasteiger partial charge in [0.25, 0.3) is 0 Å². The van der Waals surface area contributed by atoms with Gasteiger partial charge in [-0.2, -0.15) is 0 Å². The Morgan fingerprint density at radius 3 is 2.88 bits per heavy atom. The Hall–Kier alpha value is -2.58. The van der Waals surface area contributed by atoms with Crippen LogP contribution in [-0.2, 0) is 17.6 Å². The molecule has 6 nitrogen and oxygen atoms in total. The quantitative estimate of drug-likeness (QED) is 0.587. The largest absolute Gasteiger partial charge is 0.481 e. The van der Waals surface area contributed by atoms with Gasteiger partial charge in [0.05, 0.1) is 16.6 Å². The minimum absolute atomic E-state index is 0.110. The topological polar surface area (TPSA) is 89.1 Å². The van der Waals surface area contributed by atoms with E-state index in [4.69, 9.17) is 9.52 Å². The van der Waals surface area contributed by atoms with Gasteiger partial charge in [0.15, 0.2) is 0 Å². The number of hydrogen-bond acceptors (Lipinski definition) is 7. The van der Waals surface area contributed by atoms with Crippen LogP contribution in [0, 0.1) is 0 Å². The molecule has 1 N–H and O–H groups in total. The number of rotatable bonds is 5. The van der Waals surface area contributed by atoms with E-state index in [1.165, 1.54) is 10.4 Å². The van der Waals surface area contributed by atoms with Gasteiger partial charge in [-0.3, -0.25) is 4.79 Å². The Bertz CT molecular complexity index is 1000. The summed E-state index contributed by atoms with van der Waals surface area (Å²) >= 11 is 3.28. The van der Waals surface area contributed by atoms with Crippen molar-refractivity contribution < 1.29 is 14.3 Å². The summed E-state index contributed by atoms with van der Waals surface area (Å²) in [6, 6.07) is 10.3. The predicted octanol–water partition coefficient (Wildman–Crippen LogP) is 3.63. The molecule has 3 aromatic heterocycles. The number of fused-ring (bicyclic) bond motifs is 1. The first kappa shape index (κ1) is 15.0. The van der Waals surface area contributed by atoms with Crippen LogP contribution in [0.1, 0.15) is 16.8 Å². The molecule has 0 bridgehead atoms. The van der Waals surface area contributed by atoms with E-state index in [2.05, 4.69) is 38.8 Å². The molecule has 4 rings (SSSR count). The summed E-state index contributed by atoms with van der Waals surface area (Å²) in [6.45, 7) is 0. The molecule has 1 aromatic carbocycles. The molecule has 3 heterocycles. The van der Waals surface area contributed by atoms with Crippen LogP contribution in [0.4, 0.5) is 0 Å². The van der Waals surface area contributed by atoms with E-state index < -0.39 is 5.97 Å². The van der Waals surface area contributed by atoms with E-state index in [1.807, 2.05) is 12.1 Å². The average molecular weight is 357 g/mol. The average Bonchev–Trinajstić information content (AvgIpc) is 3.26. The number of aromatic nitrogens is 3. The van der Waals surface area contributed by atoms with Crippen molar-refractivity contribution in [1.29, 1.82) is 0 Å². The van der Waals surface area contributed by atoms with E-state index >= 15 is 0 Å². The summed E-state index contributed by atoms with van der Waals surface area (Å²) in [6.07, 6.45) is 0.136. The molecule has 0 unspecified atom stereocenters. The summed E-state index contributed by atoms with van der Waals surface area (Å²) in [5.41, 5.74) is 2.11. The maximum Gasteiger partial charge on any atom is 0.312 e. The lowest BCUT2D eigenvalue weighted by molar-refractivity contribution is -0.136.